The molecule has 0 saturated carbocycles. The summed E-state index contributed by atoms with van der Waals surface area (Å²) in [6.07, 6.45) is 1.62. The van der Waals surface area contributed by atoms with Gasteiger partial charge in [0, 0.05) is 6.20 Å². The Morgan fingerprint density at radius 3 is 2.84 bits per heavy atom. The summed E-state index contributed by atoms with van der Waals surface area (Å²) in [5.41, 5.74) is 1.91. The second-order valence-electron chi connectivity index (χ2n) is 3.89. The van der Waals surface area contributed by atoms with E-state index in [0.29, 0.717) is 23.6 Å². The van der Waals surface area contributed by atoms with Gasteiger partial charge in [-0.1, -0.05) is 0 Å². The van der Waals surface area contributed by atoms with Crippen molar-refractivity contribution in [1.82, 2.24) is 15.2 Å². The molecule has 2 heterocycles. The summed E-state index contributed by atoms with van der Waals surface area (Å²) < 4.78 is 4.67. The highest BCUT2D eigenvalue weighted by atomic mass is 16.5. The van der Waals surface area contributed by atoms with Gasteiger partial charge in [0.1, 0.15) is 5.82 Å². The Morgan fingerprint density at radius 1 is 1.37 bits per heavy atom. The van der Waals surface area contributed by atoms with E-state index < -0.39 is 0 Å². The number of hydrogen-bond acceptors (Lipinski definition) is 6. The first kappa shape index (κ1) is 12.9. The zero-order valence-corrected chi connectivity index (χ0v) is 10.8. The van der Waals surface area contributed by atoms with Gasteiger partial charge in [0.15, 0.2) is 0 Å². The van der Waals surface area contributed by atoms with E-state index in [1.54, 1.807) is 25.3 Å². The smallest absolute Gasteiger partial charge is 0.339 e. The van der Waals surface area contributed by atoms with Gasteiger partial charge in [0.05, 0.1) is 30.6 Å². The van der Waals surface area contributed by atoms with Crippen molar-refractivity contribution in [3.63, 3.8) is 0 Å². The molecule has 0 radical (unpaired) electrons. The Balaban J connectivity index is 2.06. The zero-order chi connectivity index (χ0) is 13.7. The van der Waals surface area contributed by atoms with Crippen molar-refractivity contribution in [3.05, 3.63) is 47.4 Å². The standard InChI is InChI=1S/C13H14N4O2/c1-9-11(13(18)19-2)5-6-12(16-9)14-8-10-4-3-7-15-17-10/h3-7H,8H2,1-2H3,(H,14,16). The van der Waals surface area contributed by atoms with Crippen molar-refractivity contribution in [3.8, 4) is 0 Å². The predicted molar refractivity (Wildman–Crippen MR) is 69.7 cm³/mol. The van der Waals surface area contributed by atoms with Gasteiger partial charge in [-0.2, -0.15) is 10.2 Å². The van der Waals surface area contributed by atoms with Crippen LogP contribution in [0.4, 0.5) is 5.82 Å². The molecule has 0 bridgehead atoms. The molecule has 0 atom stereocenters. The first-order chi connectivity index (χ1) is 9.20. The number of anilines is 1. The largest absolute Gasteiger partial charge is 0.465 e. The molecule has 0 aliphatic heterocycles. The van der Waals surface area contributed by atoms with Crippen LogP contribution in [0.2, 0.25) is 0 Å². The third-order valence-corrected chi connectivity index (χ3v) is 2.57. The van der Waals surface area contributed by atoms with Crippen LogP contribution in [0.15, 0.2) is 30.5 Å². The number of hydrogen-bond donors (Lipinski definition) is 1. The van der Waals surface area contributed by atoms with E-state index in [2.05, 4.69) is 25.2 Å². The van der Waals surface area contributed by atoms with E-state index in [9.17, 15) is 4.79 Å². The maximum Gasteiger partial charge on any atom is 0.339 e. The summed E-state index contributed by atoms with van der Waals surface area (Å²) in [4.78, 5) is 15.7. The average Bonchev–Trinajstić information content (AvgIpc) is 2.45. The number of methoxy groups -OCH3 is 1. The van der Waals surface area contributed by atoms with E-state index in [1.807, 2.05) is 12.1 Å². The first-order valence-corrected chi connectivity index (χ1v) is 5.77. The van der Waals surface area contributed by atoms with Crippen LogP contribution in [0.1, 0.15) is 21.7 Å². The van der Waals surface area contributed by atoms with Crippen molar-refractivity contribution in [2.24, 2.45) is 0 Å². The van der Waals surface area contributed by atoms with E-state index in [-0.39, 0.29) is 5.97 Å². The molecule has 2 aromatic heterocycles. The molecule has 2 aromatic rings. The number of rotatable bonds is 4. The Kier molecular flexibility index (Phi) is 4.02. The van der Waals surface area contributed by atoms with Crippen molar-refractivity contribution in [2.45, 2.75) is 13.5 Å². The number of ether oxygens (including phenoxy) is 1. The summed E-state index contributed by atoms with van der Waals surface area (Å²) in [5.74, 6) is 0.293. The number of carbonyl (C=O) groups is 1. The van der Waals surface area contributed by atoms with Crippen LogP contribution in [-0.4, -0.2) is 28.3 Å². The summed E-state index contributed by atoms with van der Waals surface area (Å²) in [6.45, 7) is 2.29. The van der Waals surface area contributed by atoms with Gasteiger partial charge in [-0.3, -0.25) is 0 Å². The Bertz CT molecular complexity index is 572. The lowest BCUT2D eigenvalue weighted by Crippen LogP contribution is -2.08. The van der Waals surface area contributed by atoms with E-state index >= 15 is 0 Å². The molecule has 98 valence electrons. The van der Waals surface area contributed by atoms with Crippen LogP contribution in [0, 0.1) is 6.92 Å². The topological polar surface area (TPSA) is 77.0 Å². The Hall–Kier alpha value is -2.50. The molecule has 0 aliphatic carbocycles. The van der Waals surface area contributed by atoms with Crippen molar-refractivity contribution in [1.29, 1.82) is 0 Å². The van der Waals surface area contributed by atoms with Gasteiger partial charge in [-0.05, 0) is 31.2 Å². The molecule has 6 heteroatoms. The fraction of sp³-hybridized carbons (Fsp3) is 0.231. The molecule has 2 rings (SSSR count). The fourth-order valence-corrected chi connectivity index (χ4v) is 1.59. The highest BCUT2D eigenvalue weighted by molar-refractivity contribution is 5.90. The van der Waals surface area contributed by atoms with Crippen LogP contribution >= 0.6 is 0 Å². The average molecular weight is 258 g/mol. The van der Waals surface area contributed by atoms with Crippen LogP contribution in [0.3, 0.4) is 0 Å². The monoisotopic (exact) mass is 258 g/mol. The molecule has 0 spiro atoms. The quantitative estimate of drug-likeness (QED) is 0.839. The molecular formula is C13H14N4O2. The summed E-state index contributed by atoms with van der Waals surface area (Å²) in [7, 11) is 1.35. The molecule has 19 heavy (non-hydrogen) atoms. The third-order valence-electron chi connectivity index (χ3n) is 2.57. The van der Waals surface area contributed by atoms with Gasteiger partial charge < -0.3 is 10.1 Å². The third kappa shape index (κ3) is 3.25. The van der Waals surface area contributed by atoms with E-state index in [4.69, 9.17) is 0 Å². The lowest BCUT2D eigenvalue weighted by Gasteiger charge is -2.08. The van der Waals surface area contributed by atoms with Crippen LogP contribution < -0.4 is 5.32 Å². The lowest BCUT2D eigenvalue weighted by atomic mass is 10.2. The molecule has 0 aliphatic rings. The molecule has 0 unspecified atom stereocenters. The van der Waals surface area contributed by atoms with Crippen LogP contribution in [-0.2, 0) is 11.3 Å². The molecule has 6 nitrogen and oxygen atoms in total. The van der Waals surface area contributed by atoms with Crippen LogP contribution in [0.5, 0.6) is 0 Å². The molecule has 0 aromatic carbocycles. The minimum Gasteiger partial charge on any atom is -0.465 e. The Morgan fingerprint density at radius 2 is 2.21 bits per heavy atom. The van der Waals surface area contributed by atoms with Crippen molar-refractivity contribution >= 4 is 11.8 Å². The van der Waals surface area contributed by atoms with E-state index in [0.717, 1.165) is 5.69 Å². The molecule has 0 fully saturated rings. The number of aryl methyl sites for hydroxylation is 1. The number of pyridine rings is 1. The number of nitrogens with zero attached hydrogens (tertiary/aromatic N) is 3. The normalized spacial score (nSPS) is 10.0. The van der Waals surface area contributed by atoms with Gasteiger partial charge in [0.2, 0.25) is 0 Å². The predicted octanol–water partition coefficient (Wildman–Crippen LogP) is 1.58. The Labute approximate surface area is 110 Å². The van der Waals surface area contributed by atoms with Crippen molar-refractivity contribution in [2.75, 3.05) is 12.4 Å². The first-order valence-electron chi connectivity index (χ1n) is 5.77. The van der Waals surface area contributed by atoms with E-state index in [1.165, 1.54) is 7.11 Å². The molecule has 1 N–H and O–H groups in total. The number of aromatic nitrogens is 3. The minimum atomic E-state index is -0.384. The SMILES string of the molecule is COC(=O)c1ccc(NCc2cccnn2)nc1C. The summed E-state index contributed by atoms with van der Waals surface area (Å²) >= 11 is 0. The highest BCUT2D eigenvalue weighted by Crippen LogP contribution is 2.12. The van der Waals surface area contributed by atoms with Crippen molar-refractivity contribution < 1.29 is 9.53 Å². The van der Waals surface area contributed by atoms with Gasteiger partial charge >= 0.3 is 5.97 Å². The number of carbonyl (C=O) groups excluding carboxylic acids is 1. The second kappa shape index (κ2) is 5.90. The maximum absolute atomic E-state index is 11.4. The second-order valence-corrected chi connectivity index (χ2v) is 3.89. The number of esters is 1. The highest BCUT2D eigenvalue weighted by Gasteiger charge is 2.10. The zero-order valence-electron chi connectivity index (χ0n) is 10.8. The molecule has 0 saturated heterocycles. The molecule has 0 amide bonds. The minimum absolute atomic E-state index is 0.384. The summed E-state index contributed by atoms with van der Waals surface area (Å²) in [6, 6.07) is 7.11. The molecular weight excluding hydrogens is 244 g/mol. The van der Waals surface area contributed by atoms with Gasteiger partial charge in [-0.15, -0.1) is 0 Å². The fourth-order valence-electron chi connectivity index (χ4n) is 1.59. The van der Waals surface area contributed by atoms with Gasteiger partial charge in [0.25, 0.3) is 0 Å². The lowest BCUT2D eigenvalue weighted by molar-refractivity contribution is 0.0599. The van der Waals surface area contributed by atoms with Gasteiger partial charge in [-0.25, -0.2) is 9.78 Å². The number of nitrogens with one attached hydrogen (secondary N) is 1. The van der Waals surface area contributed by atoms with Crippen LogP contribution in [0.25, 0.3) is 0 Å². The summed E-state index contributed by atoms with van der Waals surface area (Å²) in [5, 5.41) is 10.9. The maximum atomic E-state index is 11.4.